The monoisotopic (exact) mass is 383 g/mol. The molecule has 0 radical (unpaired) electrons. The van der Waals surface area contributed by atoms with E-state index in [4.69, 9.17) is 9.72 Å². The summed E-state index contributed by atoms with van der Waals surface area (Å²) in [5.74, 6) is 2.22. The molecule has 5 heterocycles. The van der Waals surface area contributed by atoms with E-state index >= 15 is 0 Å². The molecule has 1 unspecified atom stereocenters. The Balaban J connectivity index is 1.42. The molecule has 0 saturated carbocycles. The van der Waals surface area contributed by atoms with Crippen molar-refractivity contribution in [2.45, 2.75) is 19.8 Å². The lowest BCUT2D eigenvalue weighted by atomic mass is 10.1. The fraction of sp³-hybridized carbons (Fsp3) is 0.444. The van der Waals surface area contributed by atoms with E-state index in [9.17, 15) is 0 Å². The molecule has 2 aliphatic heterocycles. The van der Waals surface area contributed by atoms with Crippen LogP contribution in [-0.2, 0) is 11.2 Å². The molecule has 0 aromatic carbocycles. The fourth-order valence-electron chi connectivity index (χ4n) is 3.65. The van der Waals surface area contributed by atoms with Crippen LogP contribution in [0.4, 0.5) is 16.9 Å². The summed E-state index contributed by atoms with van der Waals surface area (Å²) < 4.78 is 5.54. The molecule has 0 bridgehead atoms. The minimum absolute atomic E-state index is 0.578. The fourth-order valence-corrected chi connectivity index (χ4v) is 4.61. The summed E-state index contributed by atoms with van der Waals surface area (Å²) >= 11 is 1.67. The molecular weight excluding hydrogens is 362 g/mol. The second kappa shape index (κ2) is 6.90. The van der Waals surface area contributed by atoms with Crippen molar-refractivity contribution < 1.29 is 4.74 Å². The Labute approximate surface area is 161 Å². The number of thiazole rings is 1. The number of aryl methyl sites for hydroxylation is 1. The number of fused-ring (bicyclic) bond motifs is 3. The smallest absolute Gasteiger partial charge is 0.229 e. The van der Waals surface area contributed by atoms with E-state index in [2.05, 4.69) is 30.4 Å². The quantitative estimate of drug-likeness (QED) is 0.716. The van der Waals surface area contributed by atoms with Gasteiger partial charge in [-0.3, -0.25) is 5.10 Å². The predicted molar refractivity (Wildman–Crippen MR) is 105 cm³/mol. The van der Waals surface area contributed by atoms with E-state index in [1.54, 1.807) is 17.5 Å². The van der Waals surface area contributed by atoms with Gasteiger partial charge < -0.3 is 15.0 Å². The maximum absolute atomic E-state index is 5.54. The molecule has 1 saturated heterocycles. The highest BCUT2D eigenvalue weighted by Crippen LogP contribution is 2.39. The topological polar surface area (TPSA) is 91.8 Å². The van der Waals surface area contributed by atoms with Crippen molar-refractivity contribution in [1.82, 2.24) is 25.1 Å². The van der Waals surface area contributed by atoms with Crippen molar-refractivity contribution >= 4 is 28.2 Å². The first-order valence-electron chi connectivity index (χ1n) is 9.19. The Kier molecular flexibility index (Phi) is 4.25. The van der Waals surface area contributed by atoms with Gasteiger partial charge in [0.05, 0.1) is 24.1 Å². The van der Waals surface area contributed by atoms with Crippen LogP contribution in [-0.4, -0.2) is 51.5 Å². The van der Waals surface area contributed by atoms with Gasteiger partial charge in [-0.2, -0.15) is 5.10 Å². The molecule has 2 N–H and O–H groups in total. The minimum atomic E-state index is 0.578. The van der Waals surface area contributed by atoms with Crippen LogP contribution >= 0.6 is 11.3 Å². The third-order valence-electron chi connectivity index (χ3n) is 5.01. The van der Waals surface area contributed by atoms with Crippen LogP contribution in [0.2, 0.25) is 0 Å². The van der Waals surface area contributed by atoms with E-state index in [-0.39, 0.29) is 0 Å². The molecule has 8 nitrogen and oxygen atoms in total. The molecule has 0 spiro atoms. The minimum Gasteiger partial charge on any atom is -0.381 e. The average molecular weight is 383 g/mol. The number of anilines is 3. The number of aromatic nitrogens is 5. The maximum Gasteiger partial charge on any atom is 0.229 e. The van der Waals surface area contributed by atoms with Gasteiger partial charge in [0.25, 0.3) is 0 Å². The summed E-state index contributed by atoms with van der Waals surface area (Å²) in [4.78, 5) is 17.2. The number of hydrogen-bond donors (Lipinski definition) is 2. The summed E-state index contributed by atoms with van der Waals surface area (Å²) in [5.41, 5.74) is 2.99. The van der Waals surface area contributed by atoms with Crippen molar-refractivity contribution in [2.24, 2.45) is 5.92 Å². The molecule has 1 fully saturated rings. The second-order valence-corrected chi connectivity index (χ2v) is 8.08. The van der Waals surface area contributed by atoms with Gasteiger partial charge in [0, 0.05) is 48.8 Å². The Hall–Kier alpha value is -2.52. The third kappa shape index (κ3) is 3.28. The molecule has 5 rings (SSSR count). The van der Waals surface area contributed by atoms with Crippen molar-refractivity contribution in [3.8, 4) is 11.3 Å². The van der Waals surface area contributed by atoms with Crippen LogP contribution < -0.4 is 10.2 Å². The Bertz CT molecular complexity index is 947. The first-order chi connectivity index (χ1) is 13.3. The average Bonchev–Trinajstić information content (AvgIpc) is 3.38. The standard InChI is InChI=1S/C18H21N7OS/c1-11-2-5-19-17(21-11)23-18-22-15-13-8-20-24-16(13)25(6-3-14(15)27-18)9-12-4-7-26-10-12/h2,5,8,12H,3-4,6-7,9-10H2,1H3,(H,20,24)(H,19,21,22,23). The van der Waals surface area contributed by atoms with Gasteiger partial charge in [-0.1, -0.05) is 0 Å². The van der Waals surface area contributed by atoms with Gasteiger partial charge in [-0.05, 0) is 19.4 Å². The number of nitrogens with one attached hydrogen (secondary N) is 2. The Morgan fingerprint density at radius 2 is 2.37 bits per heavy atom. The highest BCUT2D eigenvalue weighted by molar-refractivity contribution is 7.16. The predicted octanol–water partition coefficient (Wildman–Crippen LogP) is 2.77. The highest BCUT2D eigenvalue weighted by atomic mass is 32.1. The first kappa shape index (κ1) is 16.6. The van der Waals surface area contributed by atoms with Crippen molar-refractivity contribution in [3.05, 3.63) is 29.0 Å². The van der Waals surface area contributed by atoms with Crippen molar-refractivity contribution in [2.75, 3.05) is 36.5 Å². The van der Waals surface area contributed by atoms with Crippen LogP contribution in [0.25, 0.3) is 11.3 Å². The summed E-state index contributed by atoms with van der Waals surface area (Å²) in [6, 6.07) is 1.88. The molecule has 2 aliphatic rings. The largest absolute Gasteiger partial charge is 0.381 e. The molecular formula is C18H21N7OS. The number of nitrogens with zero attached hydrogens (tertiary/aromatic N) is 5. The zero-order valence-corrected chi connectivity index (χ0v) is 15.9. The Morgan fingerprint density at radius 3 is 3.22 bits per heavy atom. The van der Waals surface area contributed by atoms with Crippen LogP contribution in [0, 0.1) is 12.8 Å². The van der Waals surface area contributed by atoms with Gasteiger partial charge in [0.15, 0.2) is 5.13 Å². The van der Waals surface area contributed by atoms with Crippen LogP contribution in [0.15, 0.2) is 18.5 Å². The SMILES string of the molecule is Cc1ccnc(Nc2nc3c(s2)CCN(CC2CCOC2)c2[nH]ncc2-3)n1. The molecule has 27 heavy (non-hydrogen) atoms. The van der Waals surface area contributed by atoms with Gasteiger partial charge >= 0.3 is 0 Å². The lowest BCUT2D eigenvalue weighted by molar-refractivity contribution is 0.186. The van der Waals surface area contributed by atoms with Gasteiger partial charge in [-0.25, -0.2) is 15.0 Å². The normalized spacial score (nSPS) is 18.9. The lowest BCUT2D eigenvalue weighted by Crippen LogP contribution is -2.31. The zero-order chi connectivity index (χ0) is 18.2. The van der Waals surface area contributed by atoms with E-state index in [0.29, 0.717) is 11.9 Å². The third-order valence-corrected chi connectivity index (χ3v) is 6.04. The molecule has 0 amide bonds. The maximum atomic E-state index is 5.54. The molecule has 9 heteroatoms. The van der Waals surface area contributed by atoms with E-state index < -0.39 is 0 Å². The van der Waals surface area contributed by atoms with E-state index in [1.165, 1.54) is 4.88 Å². The van der Waals surface area contributed by atoms with Crippen LogP contribution in [0.5, 0.6) is 0 Å². The molecule has 1 atom stereocenters. The number of ether oxygens (including phenoxy) is 1. The summed E-state index contributed by atoms with van der Waals surface area (Å²) in [7, 11) is 0. The molecule has 0 aliphatic carbocycles. The number of rotatable bonds is 4. The summed E-state index contributed by atoms with van der Waals surface area (Å²) in [6.07, 6.45) is 5.72. The Morgan fingerprint density at radius 1 is 1.41 bits per heavy atom. The van der Waals surface area contributed by atoms with Crippen molar-refractivity contribution in [3.63, 3.8) is 0 Å². The number of H-pyrrole nitrogens is 1. The highest BCUT2D eigenvalue weighted by Gasteiger charge is 2.28. The van der Waals surface area contributed by atoms with Crippen molar-refractivity contribution in [1.29, 1.82) is 0 Å². The lowest BCUT2D eigenvalue weighted by Gasteiger charge is -2.24. The zero-order valence-electron chi connectivity index (χ0n) is 15.1. The second-order valence-electron chi connectivity index (χ2n) is 7.00. The van der Waals surface area contributed by atoms with E-state index in [1.807, 2.05) is 19.2 Å². The van der Waals surface area contributed by atoms with Gasteiger partial charge in [0.1, 0.15) is 5.82 Å². The van der Waals surface area contributed by atoms with Crippen LogP contribution in [0.3, 0.4) is 0 Å². The number of aromatic amines is 1. The summed E-state index contributed by atoms with van der Waals surface area (Å²) in [6.45, 7) is 5.61. The summed E-state index contributed by atoms with van der Waals surface area (Å²) in [5, 5.41) is 11.5. The molecule has 3 aromatic heterocycles. The van der Waals surface area contributed by atoms with E-state index in [0.717, 1.165) is 67.0 Å². The van der Waals surface area contributed by atoms with Gasteiger partial charge in [-0.15, -0.1) is 11.3 Å². The number of hydrogen-bond acceptors (Lipinski definition) is 8. The van der Waals surface area contributed by atoms with Crippen LogP contribution in [0.1, 0.15) is 17.0 Å². The molecule has 3 aromatic rings. The first-order valence-corrected chi connectivity index (χ1v) is 10.0. The van der Waals surface area contributed by atoms with Gasteiger partial charge in [0.2, 0.25) is 5.95 Å². The molecule has 140 valence electrons.